The number of para-hydroxylation sites is 1. The quantitative estimate of drug-likeness (QED) is 0.206. The van der Waals surface area contributed by atoms with Gasteiger partial charge >= 0.3 is 0 Å². The van der Waals surface area contributed by atoms with Gasteiger partial charge in [0.15, 0.2) is 17.1 Å². The van der Waals surface area contributed by atoms with Gasteiger partial charge in [0.2, 0.25) is 0 Å². The van der Waals surface area contributed by atoms with Crippen LogP contribution in [0.3, 0.4) is 0 Å². The maximum atomic E-state index is 13.7. The smallest absolute Gasteiger partial charge is 0.196 e. The van der Waals surface area contributed by atoms with Gasteiger partial charge in [-0.2, -0.15) is 0 Å². The average molecular weight is 547 g/mol. The first kappa shape index (κ1) is 25.4. The summed E-state index contributed by atoms with van der Waals surface area (Å²) in [5, 5.41) is 14.5. The number of aryl methyl sites for hydroxylation is 1. The highest BCUT2D eigenvalue weighted by atomic mass is 35.5. The molecule has 0 amide bonds. The van der Waals surface area contributed by atoms with Crippen LogP contribution in [0.4, 0.5) is 5.82 Å². The van der Waals surface area contributed by atoms with Crippen LogP contribution in [0.5, 0.6) is 11.5 Å². The Hall–Kier alpha value is -3.92. The molecule has 2 aromatic carbocycles. The summed E-state index contributed by atoms with van der Waals surface area (Å²) in [5.74, 6) is 2.21. The summed E-state index contributed by atoms with van der Waals surface area (Å²) in [5.41, 5.74) is 1.94. The van der Waals surface area contributed by atoms with Gasteiger partial charge in [0.05, 0.1) is 41.3 Å². The number of ether oxygens (including phenoxy) is 2. The number of halogens is 1. The second-order valence-corrected chi connectivity index (χ2v) is 9.93. The average Bonchev–Trinajstić information content (AvgIpc) is 3.59. The fraction of sp³-hybridized carbons (Fsp3) is 0.276. The number of ketones is 1. The minimum atomic E-state index is -0.267. The predicted octanol–water partition coefficient (Wildman–Crippen LogP) is 5.90. The van der Waals surface area contributed by atoms with E-state index in [9.17, 15) is 9.90 Å². The Morgan fingerprint density at radius 2 is 2.10 bits per heavy atom. The molecule has 2 atom stereocenters. The van der Waals surface area contributed by atoms with Gasteiger partial charge in [-0.15, -0.1) is 0 Å². The van der Waals surface area contributed by atoms with E-state index in [1.165, 1.54) is 6.33 Å². The van der Waals surface area contributed by atoms with Gasteiger partial charge in [-0.1, -0.05) is 30.7 Å². The number of carbonyl (C=O) groups excluding carboxylic acids is 1. The third kappa shape index (κ3) is 4.96. The van der Waals surface area contributed by atoms with Crippen LogP contribution in [0.15, 0.2) is 59.4 Å². The number of fused-ring (bicyclic) bond motifs is 2. The molecule has 1 fully saturated rings. The van der Waals surface area contributed by atoms with E-state index in [1.807, 2.05) is 31.2 Å². The molecule has 39 heavy (non-hydrogen) atoms. The lowest BCUT2D eigenvalue weighted by Crippen LogP contribution is -2.36. The van der Waals surface area contributed by atoms with E-state index >= 15 is 0 Å². The molecule has 0 radical (unpaired) electrons. The molecule has 1 aliphatic rings. The molecule has 0 spiro atoms. The van der Waals surface area contributed by atoms with Crippen molar-refractivity contribution in [2.24, 2.45) is 0 Å². The molecule has 4 heterocycles. The topological polar surface area (TPSA) is 123 Å². The molecule has 5 aromatic rings. The number of hydrogen-bond donors (Lipinski definition) is 3. The lowest BCUT2D eigenvalue weighted by Gasteiger charge is -2.29. The second kappa shape index (κ2) is 10.7. The lowest BCUT2D eigenvalue weighted by molar-refractivity contribution is -0.0224. The molecule has 0 saturated carbocycles. The largest absolute Gasteiger partial charge is 0.457 e. The number of aliphatic hydroxyl groups excluding tert-OH is 1. The van der Waals surface area contributed by atoms with Crippen LogP contribution in [0.2, 0.25) is 5.02 Å². The number of rotatable bonds is 8. The van der Waals surface area contributed by atoms with Crippen molar-refractivity contribution in [3.05, 3.63) is 76.9 Å². The van der Waals surface area contributed by atoms with Crippen molar-refractivity contribution in [3.63, 3.8) is 0 Å². The minimum absolute atomic E-state index is 0.00381. The fourth-order valence-electron chi connectivity index (χ4n) is 4.87. The van der Waals surface area contributed by atoms with Crippen LogP contribution in [0.1, 0.15) is 41.4 Å². The molecule has 0 aliphatic carbocycles. The second-order valence-electron chi connectivity index (χ2n) is 9.52. The Morgan fingerprint density at radius 1 is 1.21 bits per heavy atom. The number of nitrogens with one attached hydrogen (secondary N) is 2. The SMILES string of the molecule is CCc1cc2cccc(Oc3ccc(C(=O)c4c[nH]c5ncnc(N[C@@H]6CC[C@@H](CO)OC6)c45)c(Cl)c3)c2o1. The maximum Gasteiger partial charge on any atom is 0.196 e. The number of nitrogens with zero attached hydrogens (tertiary/aromatic N) is 2. The number of H-pyrrole nitrogens is 1. The normalized spacial score (nSPS) is 17.5. The molecule has 0 bridgehead atoms. The van der Waals surface area contributed by atoms with Crippen LogP contribution in [0.25, 0.3) is 22.0 Å². The molecule has 6 rings (SSSR count). The van der Waals surface area contributed by atoms with Crippen LogP contribution in [-0.2, 0) is 11.2 Å². The van der Waals surface area contributed by atoms with E-state index in [-0.39, 0.29) is 29.6 Å². The highest BCUT2D eigenvalue weighted by Gasteiger charge is 2.25. The molecule has 3 N–H and O–H groups in total. The Bertz CT molecular complexity index is 1650. The van der Waals surface area contributed by atoms with Gasteiger partial charge in [0.25, 0.3) is 0 Å². The first-order valence-corrected chi connectivity index (χ1v) is 13.3. The Labute approximate surface area is 229 Å². The predicted molar refractivity (Wildman–Crippen MR) is 148 cm³/mol. The van der Waals surface area contributed by atoms with Crippen LogP contribution in [0, 0.1) is 0 Å². The number of hydrogen-bond acceptors (Lipinski definition) is 8. The van der Waals surface area contributed by atoms with Crippen molar-refractivity contribution in [2.45, 2.75) is 38.3 Å². The van der Waals surface area contributed by atoms with Crippen molar-refractivity contribution in [2.75, 3.05) is 18.5 Å². The summed E-state index contributed by atoms with van der Waals surface area (Å²) in [4.78, 5) is 25.4. The van der Waals surface area contributed by atoms with E-state index in [0.29, 0.717) is 51.7 Å². The molecular formula is C29H27ClN4O5. The standard InChI is InChI=1S/C29H27ClN4O5/c1-2-18-10-16-4-3-5-24(27(16)39-18)38-19-8-9-21(23(30)11-19)26(36)22-12-31-28-25(22)29(33-15-32-28)34-17-6-7-20(13-35)37-14-17/h3-5,8-12,15,17,20,35H,2,6-7,13-14H2,1H3,(H2,31,32,33,34)/t17-,20+/m1/s1. The Balaban J connectivity index is 1.26. The Morgan fingerprint density at radius 3 is 2.87 bits per heavy atom. The van der Waals surface area contributed by atoms with Crippen molar-refractivity contribution in [1.82, 2.24) is 15.0 Å². The number of aliphatic hydroxyl groups is 1. The van der Waals surface area contributed by atoms with Crippen LogP contribution >= 0.6 is 11.6 Å². The number of carbonyl (C=O) groups is 1. The van der Waals surface area contributed by atoms with Gasteiger partial charge in [0, 0.05) is 29.6 Å². The first-order chi connectivity index (χ1) is 19.0. The third-order valence-corrected chi connectivity index (χ3v) is 7.26. The van der Waals surface area contributed by atoms with Crippen molar-refractivity contribution in [3.8, 4) is 11.5 Å². The summed E-state index contributed by atoms with van der Waals surface area (Å²) in [6, 6.07) is 12.7. The molecule has 200 valence electrons. The van der Waals surface area contributed by atoms with Gasteiger partial charge in [-0.05, 0) is 37.1 Å². The number of aromatic nitrogens is 3. The van der Waals surface area contributed by atoms with Gasteiger partial charge < -0.3 is 29.3 Å². The molecule has 3 aromatic heterocycles. The first-order valence-electron chi connectivity index (χ1n) is 12.9. The molecular weight excluding hydrogens is 520 g/mol. The number of anilines is 1. The summed E-state index contributed by atoms with van der Waals surface area (Å²) in [6.07, 6.45) is 5.24. The monoisotopic (exact) mass is 546 g/mol. The number of benzene rings is 2. The zero-order chi connectivity index (χ0) is 26.9. The number of aromatic amines is 1. The zero-order valence-corrected chi connectivity index (χ0v) is 22.0. The number of furan rings is 1. The minimum Gasteiger partial charge on any atom is -0.457 e. The lowest BCUT2D eigenvalue weighted by atomic mass is 10.0. The van der Waals surface area contributed by atoms with Crippen molar-refractivity contribution in [1.29, 1.82) is 0 Å². The van der Waals surface area contributed by atoms with Gasteiger partial charge in [-0.25, -0.2) is 9.97 Å². The summed E-state index contributed by atoms with van der Waals surface area (Å²) in [6.45, 7) is 2.47. The zero-order valence-electron chi connectivity index (χ0n) is 21.2. The highest BCUT2D eigenvalue weighted by Crippen LogP contribution is 2.35. The van der Waals surface area contributed by atoms with Crippen molar-refractivity contribution >= 4 is 45.2 Å². The maximum absolute atomic E-state index is 13.7. The van der Waals surface area contributed by atoms with Crippen LogP contribution in [-0.4, -0.2) is 51.2 Å². The van der Waals surface area contributed by atoms with Crippen molar-refractivity contribution < 1.29 is 23.8 Å². The Kier molecular flexibility index (Phi) is 6.95. The van der Waals surface area contributed by atoms with E-state index in [4.69, 9.17) is 25.5 Å². The summed E-state index contributed by atoms with van der Waals surface area (Å²) < 4.78 is 17.7. The molecule has 10 heteroatoms. The van der Waals surface area contributed by atoms with Gasteiger partial charge in [0.1, 0.15) is 29.3 Å². The third-order valence-electron chi connectivity index (χ3n) is 6.95. The summed E-state index contributed by atoms with van der Waals surface area (Å²) in [7, 11) is 0. The molecule has 1 aliphatic heterocycles. The van der Waals surface area contributed by atoms with E-state index in [2.05, 4.69) is 20.3 Å². The van der Waals surface area contributed by atoms with E-state index in [1.54, 1.807) is 24.4 Å². The molecule has 9 nitrogen and oxygen atoms in total. The highest BCUT2D eigenvalue weighted by molar-refractivity contribution is 6.35. The van der Waals surface area contributed by atoms with Crippen LogP contribution < -0.4 is 10.1 Å². The molecule has 1 saturated heterocycles. The van der Waals surface area contributed by atoms with E-state index in [0.717, 1.165) is 30.4 Å². The fourth-order valence-corrected chi connectivity index (χ4v) is 5.12. The molecule has 0 unspecified atom stereocenters. The summed E-state index contributed by atoms with van der Waals surface area (Å²) >= 11 is 6.61. The van der Waals surface area contributed by atoms with Gasteiger partial charge in [-0.3, -0.25) is 4.79 Å². The van der Waals surface area contributed by atoms with E-state index < -0.39 is 0 Å².